The van der Waals surface area contributed by atoms with Crippen molar-refractivity contribution in [3.05, 3.63) is 41.2 Å². The molecular weight excluding hydrogens is 344 g/mol. The summed E-state index contributed by atoms with van der Waals surface area (Å²) >= 11 is 0. The van der Waals surface area contributed by atoms with E-state index >= 15 is 0 Å². The van der Waals surface area contributed by atoms with Gasteiger partial charge in [-0.15, -0.1) is 0 Å². The number of hydrogen-bond donors (Lipinski definition) is 2. The van der Waals surface area contributed by atoms with Crippen molar-refractivity contribution in [2.24, 2.45) is 10.9 Å². The van der Waals surface area contributed by atoms with E-state index in [2.05, 4.69) is 29.6 Å². The number of aliphatic imine (C=N–C) groups is 1. The number of guanidine groups is 1. The second kappa shape index (κ2) is 10.2. The van der Waals surface area contributed by atoms with Gasteiger partial charge in [-0.05, 0) is 25.0 Å². The highest BCUT2D eigenvalue weighted by Crippen LogP contribution is 2.17. The van der Waals surface area contributed by atoms with E-state index < -0.39 is 0 Å². The zero-order valence-corrected chi connectivity index (χ0v) is 16.3. The van der Waals surface area contributed by atoms with Gasteiger partial charge in [-0.1, -0.05) is 19.0 Å². The van der Waals surface area contributed by atoms with E-state index in [0.29, 0.717) is 12.5 Å². The number of ether oxygens (including phenoxy) is 1. The van der Waals surface area contributed by atoms with Crippen LogP contribution >= 0.6 is 0 Å². The SMILES string of the molecule is CCc1noc(CC)c1CN=C(NCCc1ccco1)NCC1CCOC1. The Morgan fingerprint density at radius 2 is 2.22 bits per heavy atom. The van der Waals surface area contributed by atoms with E-state index in [9.17, 15) is 0 Å². The number of nitrogens with zero attached hydrogens (tertiary/aromatic N) is 2. The van der Waals surface area contributed by atoms with Crippen LogP contribution in [-0.2, 0) is 30.5 Å². The lowest BCUT2D eigenvalue weighted by Gasteiger charge is -2.15. The number of hydrogen-bond acceptors (Lipinski definition) is 5. The number of furan rings is 1. The lowest BCUT2D eigenvalue weighted by Crippen LogP contribution is -2.41. The van der Waals surface area contributed by atoms with Gasteiger partial charge in [-0.25, -0.2) is 4.99 Å². The molecule has 0 amide bonds. The molecule has 0 saturated carbocycles. The molecule has 7 heteroatoms. The van der Waals surface area contributed by atoms with Gasteiger partial charge in [0.05, 0.1) is 25.1 Å². The molecule has 148 valence electrons. The molecule has 0 radical (unpaired) electrons. The van der Waals surface area contributed by atoms with Gasteiger partial charge in [-0.3, -0.25) is 0 Å². The van der Waals surface area contributed by atoms with Gasteiger partial charge in [0.15, 0.2) is 5.96 Å². The van der Waals surface area contributed by atoms with Crippen molar-refractivity contribution in [3.8, 4) is 0 Å². The van der Waals surface area contributed by atoms with Crippen LogP contribution < -0.4 is 10.6 Å². The fourth-order valence-electron chi connectivity index (χ4n) is 3.19. The summed E-state index contributed by atoms with van der Waals surface area (Å²) in [6.45, 7) is 8.01. The summed E-state index contributed by atoms with van der Waals surface area (Å²) in [5.74, 6) is 3.23. The van der Waals surface area contributed by atoms with Crippen LogP contribution in [0.4, 0.5) is 0 Å². The Balaban J connectivity index is 1.61. The van der Waals surface area contributed by atoms with Gasteiger partial charge in [-0.2, -0.15) is 0 Å². The number of aromatic nitrogens is 1. The third kappa shape index (κ3) is 5.60. The molecule has 3 rings (SSSR count). The maximum Gasteiger partial charge on any atom is 0.191 e. The second-order valence-corrected chi connectivity index (χ2v) is 6.77. The molecule has 3 heterocycles. The van der Waals surface area contributed by atoms with Crippen molar-refractivity contribution in [2.45, 2.75) is 46.1 Å². The molecule has 1 aliphatic rings. The first-order valence-electron chi connectivity index (χ1n) is 9.88. The average molecular weight is 374 g/mol. The van der Waals surface area contributed by atoms with Gasteiger partial charge < -0.3 is 24.3 Å². The van der Waals surface area contributed by atoms with Crippen LogP contribution in [0.15, 0.2) is 32.3 Å². The van der Waals surface area contributed by atoms with Crippen molar-refractivity contribution in [2.75, 3.05) is 26.3 Å². The van der Waals surface area contributed by atoms with Crippen LogP contribution in [0.2, 0.25) is 0 Å². The van der Waals surface area contributed by atoms with Gasteiger partial charge in [0.1, 0.15) is 11.5 Å². The fraction of sp³-hybridized carbons (Fsp3) is 0.600. The molecule has 2 aromatic rings. The van der Waals surface area contributed by atoms with Crippen LogP contribution in [0.5, 0.6) is 0 Å². The molecule has 1 saturated heterocycles. The molecule has 0 aliphatic carbocycles. The van der Waals surface area contributed by atoms with E-state index in [1.165, 1.54) is 0 Å². The summed E-state index contributed by atoms with van der Waals surface area (Å²) in [5.41, 5.74) is 2.10. The Morgan fingerprint density at radius 1 is 1.30 bits per heavy atom. The molecule has 2 N–H and O–H groups in total. The van der Waals surface area contributed by atoms with Crippen molar-refractivity contribution >= 4 is 5.96 Å². The molecule has 2 aromatic heterocycles. The summed E-state index contributed by atoms with van der Waals surface area (Å²) in [6.07, 6.45) is 5.29. The Hall–Kier alpha value is -2.28. The molecule has 0 spiro atoms. The normalized spacial score (nSPS) is 17.4. The Bertz CT molecular complexity index is 681. The molecule has 0 aromatic carbocycles. The minimum Gasteiger partial charge on any atom is -0.469 e. The molecule has 1 aliphatic heterocycles. The van der Waals surface area contributed by atoms with Crippen LogP contribution in [0, 0.1) is 5.92 Å². The largest absolute Gasteiger partial charge is 0.469 e. The third-order valence-corrected chi connectivity index (χ3v) is 4.83. The minimum atomic E-state index is 0.537. The van der Waals surface area contributed by atoms with E-state index in [0.717, 1.165) is 80.7 Å². The average Bonchev–Trinajstić information content (AvgIpc) is 3.45. The maximum atomic E-state index is 5.47. The third-order valence-electron chi connectivity index (χ3n) is 4.83. The van der Waals surface area contributed by atoms with E-state index in [1.807, 2.05) is 12.1 Å². The first-order chi connectivity index (χ1) is 13.3. The van der Waals surface area contributed by atoms with Crippen LogP contribution in [-0.4, -0.2) is 37.4 Å². The standard InChI is InChI=1S/C20H30N4O3/c1-3-18-17(19(4-2)27-24-18)13-23-20(22-12-15-8-11-25-14-15)21-9-7-16-6-5-10-26-16/h5-6,10,15H,3-4,7-9,11-14H2,1-2H3,(H2,21,22,23). The summed E-state index contributed by atoms with van der Waals surface area (Å²) in [4.78, 5) is 4.79. The summed E-state index contributed by atoms with van der Waals surface area (Å²) in [6, 6.07) is 3.90. The molecule has 7 nitrogen and oxygen atoms in total. The summed E-state index contributed by atoms with van der Waals surface area (Å²) in [7, 11) is 0. The molecule has 0 bridgehead atoms. The molecular formula is C20H30N4O3. The first kappa shape index (κ1) is 19.5. The molecule has 1 atom stereocenters. The predicted molar refractivity (Wildman–Crippen MR) is 104 cm³/mol. The van der Waals surface area contributed by atoms with Gasteiger partial charge >= 0.3 is 0 Å². The molecule has 1 unspecified atom stereocenters. The zero-order valence-electron chi connectivity index (χ0n) is 16.3. The fourth-order valence-corrected chi connectivity index (χ4v) is 3.19. The number of nitrogens with one attached hydrogen (secondary N) is 2. The smallest absolute Gasteiger partial charge is 0.191 e. The lowest BCUT2D eigenvalue weighted by atomic mass is 10.1. The van der Waals surface area contributed by atoms with Crippen LogP contribution in [0.3, 0.4) is 0 Å². The number of rotatable bonds is 9. The highest BCUT2D eigenvalue weighted by molar-refractivity contribution is 5.79. The predicted octanol–water partition coefficient (Wildman–Crippen LogP) is 2.71. The zero-order chi connectivity index (χ0) is 18.9. The lowest BCUT2D eigenvalue weighted by molar-refractivity contribution is 0.186. The van der Waals surface area contributed by atoms with Crippen molar-refractivity contribution in [3.63, 3.8) is 0 Å². The highest BCUT2D eigenvalue weighted by Gasteiger charge is 2.17. The molecule has 1 fully saturated rings. The second-order valence-electron chi connectivity index (χ2n) is 6.77. The topological polar surface area (TPSA) is 84.8 Å². The molecule has 27 heavy (non-hydrogen) atoms. The summed E-state index contributed by atoms with van der Waals surface area (Å²) < 4.78 is 16.3. The minimum absolute atomic E-state index is 0.537. The quantitative estimate of drug-likeness (QED) is 0.519. The van der Waals surface area contributed by atoms with Gasteiger partial charge in [0, 0.05) is 44.0 Å². The van der Waals surface area contributed by atoms with E-state index in [4.69, 9.17) is 18.7 Å². The van der Waals surface area contributed by atoms with E-state index in [1.54, 1.807) is 6.26 Å². The Morgan fingerprint density at radius 3 is 2.93 bits per heavy atom. The van der Waals surface area contributed by atoms with Crippen molar-refractivity contribution in [1.82, 2.24) is 15.8 Å². The summed E-state index contributed by atoms with van der Waals surface area (Å²) in [5, 5.41) is 11.0. The van der Waals surface area contributed by atoms with Crippen molar-refractivity contribution < 1.29 is 13.7 Å². The highest BCUT2D eigenvalue weighted by atomic mass is 16.5. The van der Waals surface area contributed by atoms with E-state index in [-0.39, 0.29) is 0 Å². The van der Waals surface area contributed by atoms with Gasteiger partial charge in [0.2, 0.25) is 0 Å². The van der Waals surface area contributed by atoms with Crippen LogP contribution in [0.25, 0.3) is 0 Å². The maximum absolute atomic E-state index is 5.47. The van der Waals surface area contributed by atoms with Crippen LogP contribution in [0.1, 0.15) is 43.0 Å². The Labute approximate surface area is 160 Å². The monoisotopic (exact) mass is 374 g/mol. The van der Waals surface area contributed by atoms with Gasteiger partial charge in [0.25, 0.3) is 0 Å². The first-order valence-corrected chi connectivity index (χ1v) is 9.88. The van der Waals surface area contributed by atoms with Crippen molar-refractivity contribution in [1.29, 1.82) is 0 Å². The Kier molecular flexibility index (Phi) is 7.33. The number of aryl methyl sites for hydroxylation is 2.